The molecule has 7 heteroatoms. The summed E-state index contributed by atoms with van der Waals surface area (Å²) in [7, 11) is 0. The minimum Gasteiger partial charge on any atom is -0.348 e. The summed E-state index contributed by atoms with van der Waals surface area (Å²) in [6, 6.07) is 27.5. The first-order valence-corrected chi connectivity index (χ1v) is 12.1. The fraction of sp³-hybridized carbons (Fsp3) is 0.172. The SMILES string of the molecule is O=C(Cc1cccc2ccccc12)Nc1cc(C2CC(NC(=O)c3ccc4ccccc4n3)C2)[nH]n1. The number of carbonyl (C=O) groups excluding carboxylic acids is 2. The van der Waals surface area contributed by atoms with Gasteiger partial charge in [0.2, 0.25) is 5.91 Å². The molecule has 1 saturated carbocycles. The van der Waals surface area contributed by atoms with E-state index < -0.39 is 0 Å². The molecule has 2 heterocycles. The van der Waals surface area contributed by atoms with Crippen molar-refractivity contribution in [3.63, 3.8) is 0 Å². The van der Waals surface area contributed by atoms with Gasteiger partial charge < -0.3 is 10.6 Å². The lowest BCUT2D eigenvalue weighted by Gasteiger charge is -2.34. The first kappa shape index (κ1) is 22.0. The molecular weight excluding hydrogens is 450 g/mol. The second-order valence-corrected chi connectivity index (χ2v) is 9.30. The number of fused-ring (bicyclic) bond motifs is 2. The highest BCUT2D eigenvalue weighted by molar-refractivity contribution is 5.96. The summed E-state index contributed by atoms with van der Waals surface area (Å²) in [5, 5.41) is 16.5. The van der Waals surface area contributed by atoms with E-state index in [1.807, 2.05) is 78.9 Å². The lowest BCUT2D eigenvalue weighted by atomic mass is 9.78. The maximum Gasteiger partial charge on any atom is 0.270 e. The van der Waals surface area contributed by atoms with Crippen LogP contribution in [-0.4, -0.2) is 33.0 Å². The van der Waals surface area contributed by atoms with Crippen LogP contribution in [0.3, 0.4) is 0 Å². The third-order valence-corrected chi connectivity index (χ3v) is 6.84. The van der Waals surface area contributed by atoms with Crippen LogP contribution in [0.25, 0.3) is 21.7 Å². The minimum atomic E-state index is -0.157. The summed E-state index contributed by atoms with van der Waals surface area (Å²) in [4.78, 5) is 29.8. The van der Waals surface area contributed by atoms with Crippen LogP contribution in [0.1, 0.15) is 40.5 Å². The van der Waals surface area contributed by atoms with Gasteiger partial charge in [0.1, 0.15) is 5.69 Å². The van der Waals surface area contributed by atoms with Crippen LogP contribution in [0.2, 0.25) is 0 Å². The highest BCUT2D eigenvalue weighted by Crippen LogP contribution is 2.36. The standard InChI is InChI=1S/C29H25N5O2/c35-28(16-20-9-5-8-18-6-1-3-10-23(18)20)32-27-17-26(33-34-27)21-14-22(15-21)30-29(36)25-13-12-19-7-2-4-11-24(19)31-25/h1-13,17,21-22H,14-16H2,(H,30,36)(H2,32,33,34,35). The third kappa shape index (κ3) is 4.43. The molecule has 0 radical (unpaired) electrons. The van der Waals surface area contributed by atoms with Gasteiger partial charge in [-0.3, -0.25) is 14.7 Å². The molecule has 5 aromatic rings. The van der Waals surface area contributed by atoms with E-state index in [0.717, 1.165) is 45.8 Å². The maximum absolute atomic E-state index is 12.7. The molecule has 1 fully saturated rings. The number of H-pyrrole nitrogens is 1. The van der Waals surface area contributed by atoms with E-state index in [-0.39, 0.29) is 30.2 Å². The number of rotatable bonds is 6. The van der Waals surface area contributed by atoms with Crippen molar-refractivity contribution in [2.75, 3.05) is 5.32 Å². The Morgan fingerprint density at radius 1 is 0.889 bits per heavy atom. The number of aromatic amines is 1. The van der Waals surface area contributed by atoms with E-state index in [0.29, 0.717) is 11.5 Å². The highest BCUT2D eigenvalue weighted by atomic mass is 16.2. The van der Waals surface area contributed by atoms with Crippen molar-refractivity contribution in [2.45, 2.75) is 31.2 Å². The Bertz CT molecular complexity index is 1580. The normalized spacial score (nSPS) is 17.0. The topological polar surface area (TPSA) is 99.8 Å². The minimum absolute atomic E-state index is 0.0865. The molecule has 0 unspecified atom stereocenters. The summed E-state index contributed by atoms with van der Waals surface area (Å²) < 4.78 is 0. The molecule has 1 aliphatic rings. The van der Waals surface area contributed by atoms with Gasteiger partial charge in [0.05, 0.1) is 11.9 Å². The van der Waals surface area contributed by atoms with Crippen LogP contribution >= 0.6 is 0 Å². The molecule has 7 nitrogen and oxygen atoms in total. The Labute approximate surface area is 207 Å². The summed E-state index contributed by atoms with van der Waals surface area (Å²) in [5.74, 6) is 0.514. The van der Waals surface area contributed by atoms with Crippen LogP contribution in [-0.2, 0) is 11.2 Å². The average Bonchev–Trinajstić information content (AvgIpc) is 3.33. The highest BCUT2D eigenvalue weighted by Gasteiger charge is 2.33. The number of anilines is 1. The molecule has 6 rings (SSSR count). The van der Waals surface area contributed by atoms with Crippen LogP contribution in [0.4, 0.5) is 5.82 Å². The molecule has 0 spiro atoms. The molecule has 3 N–H and O–H groups in total. The van der Waals surface area contributed by atoms with Gasteiger partial charge in [0, 0.05) is 29.1 Å². The molecule has 0 saturated heterocycles. The van der Waals surface area contributed by atoms with Gasteiger partial charge in [-0.05, 0) is 41.3 Å². The van der Waals surface area contributed by atoms with E-state index in [2.05, 4.69) is 25.8 Å². The zero-order chi connectivity index (χ0) is 24.5. The Kier molecular flexibility index (Phi) is 5.65. The Balaban J connectivity index is 1.03. The van der Waals surface area contributed by atoms with Gasteiger partial charge in [-0.25, -0.2) is 4.98 Å². The molecule has 2 amide bonds. The van der Waals surface area contributed by atoms with Crippen molar-refractivity contribution >= 4 is 39.3 Å². The maximum atomic E-state index is 12.7. The fourth-order valence-corrected chi connectivity index (χ4v) is 4.86. The van der Waals surface area contributed by atoms with Crippen LogP contribution in [0, 0.1) is 0 Å². The van der Waals surface area contributed by atoms with E-state index in [1.54, 1.807) is 6.07 Å². The van der Waals surface area contributed by atoms with Gasteiger partial charge in [0.25, 0.3) is 5.91 Å². The molecular formula is C29H25N5O2. The number of nitrogens with zero attached hydrogens (tertiary/aromatic N) is 2. The van der Waals surface area contributed by atoms with Crippen molar-refractivity contribution < 1.29 is 9.59 Å². The monoisotopic (exact) mass is 475 g/mol. The van der Waals surface area contributed by atoms with Gasteiger partial charge in [-0.2, -0.15) is 5.10 Å². The molecule has 0 aliphatic heterocycles. The molecule has 2 aromatic heterocycles. The molecule has 3 aromatic carbocycles. The van der Waals surface area contributed by atoms with Gasteiger partial charge in [-0.1, -0.05) is 66.7 Å². The lowest BCUT2D eigenvalue weighted by molar-refractivity contribution is -0.115. The number of aromatic nitrogens is 3. The van der Waals surface area contributed by atoms with Crippen LogP contribution in [0.5, 0.6) is 0 Å². The molecule has 36 heavy (non-hydrogen) atoms. The Morgan fingerprint density at radius 3 is 2.56 bits per heavy atom. The zero-order valence-corrected chi connectivity index (χ0v) is 19.6. The summed E-state index contributed by atoms with van der Waals surface area (Å²) in [6.07, 6.45) is 1.90. The van der Waals surface area contributed by atoms with Crippen LogP contribution < -0.4 is 10.6 Å². The van der Waals surface area contributed by atoms with Crippen molar-refractivity contribution in [1.82, 2.24) is 20.5 Å². The molecule has 0 atom stereocenters. The number of para-hydroxylation sites is 1. The number of amides is 2. The van der Waals surface area contributed by atoms with Gasteiger partial charge in [0.15, 0.2) is 5.82 Å². The number of carbonyl (C=O) groups is 2. The number of hydrogen-bond donors (Lipinski definition) is 3. The van der Waals surface area contributed by atoms with Gasteiger partial charge >= 0.3 is 0 Å². The van der Waals surface area contributed by atoms with Crippen molar-refractivity contribution in [3.05, 3.63) is 102 Å². The quantitative estimate of drug-likeness (QED) is 0.323. The predicted molar refractivity (Wildman–Crippen MR) is 140 cm³/mol. The molecule has 1 aliphatic carbocycles. The Morgan fingerprint density at radius 2 is 1.67 bits per heavy atom. The summed E-state index contributed by atoms with van der Waals surface area (Å²) in [5.41, 5.74) is 3.18. The van der Waals surface area contributed by atoms with Crippen molar-refractivity contribution in [3.8, 4) is 0 Å². The Hall–Kier alpha value is -4.52. The number of hydrogen-bond acceptors (Lipinski definition) is 4. The number of benzene rings is 3. The fourth-order valence-electron chi connectivity index (χ4n) is 4.86. The largest absolute Gasteiger partial charge is 0.348 e. The third-order valence-electron chi connectivity index (χ3n) is 6.84. The van der Waals surface area contributed by atoms with Crippen LogP contribution in [0.15, 0.2) is 84.9 Å². The van der Waals surface area contributed by atoms with E-state index >= 15 is 0 Å². The first-order valence-electron chi connectivity index (χ1n) is 12.1. The van der Waals surface area contributed by atoms with E-state index in [1.165, 1.54) is 0 Å². The second-order valence-electron chi connectivity index (χ2n) is 9.30. The van der Waals surface area contributed by atoms with Crippen molar-refractivity contribution in [1.29, 1.82) is 0 Å². The van der Waals surface area contributed by atoms with Gasteiger partial charge in [-0.15, -0.1) is 0 Å². The first-order chi connectivity index (χ1) is 17.6. The molecule has 178 valence electrons. The smallest absolute Gasteiger partial charge is 0.270 e. The second kappa shape index (κ2) is 9.26. The number of pyridine rings is 1. The zero-order valence-electron chi connectivity index (χ0n) is 19.6. The number of nitrogens with one attached hydrogen (secondary N) is 3. The summed E-state index contributed by atoms with van der Waals surface area (Å²) in [6.45, 7) is 0. The van der Waals surface area contributed by atoms with E-state index in [9.17, 15) is 9.59 Å². The summed E-state index contributed by atoms with van der Waals surface area (Å²) >= 11 is 0. The van der Waals surface area contributed by atoms with E-state index in [4.69, 9.17) is 0 Å². The predicted octanol–water partition coefficient (Wildman–Crippen LogP) is 4.97. The molecule has 0 bridgehead atoms. The average molecular weight is 476 g/mol. The lowest BCUT2D eigenvalue weighted by Crippen LogP contribution is -2.43. The van der Waals surface area contributed by atoms with Crippen molar-refractivity contribution in [2.24, 2.45) is 0 Å².